The highest BCUT2D eigenvalue weighted by atomic mass is 16.6. The molecule has 1 saturated heterocycles. The summed E-state index contributed by atoms with van der Waals surface area (Å²) in [4.78, 5) is 96.7. The molecular weight excluding hydrogens is 716 g/mol. The second-order valence-electron chi connectivity index (χ2n) is 11.7. The van der Waals surface area contributed by atoms with Gasteiger partial charge in [0.2, 0.25) is 0 Å². The number of hydrogen-bond acceptors (Lipinski definition) is 16. The number of carbonyl (C=O) groups is 8. The van der Waals surface area contributed by atoms with E-state index in [1.807, 2.05) is 0 Å². The van der Waals surface area contributed by atoms with Crippen LogP contribution in [0, 0.1) is 0 Å². The Morgan fingerprint density at radius 2 is 0.630 bits per heavy atom. The molecule has 0 unspecified atom stereocenters. The average Bonchev–Trinajstić information content (AvgIpc) is 3.17. The van der Waals surface area contributed by atoms with Gasteiger partial charge in [0.25, 0.3) is 0 Å². The lowest BCUT2D eigenvalue weighted by atomic mass is 10.2. The van der Waals surface area contributed by atoms with Crippen LogP contribution < -0.4 is 0 Å². The number of esters is 6. The molecule has 0 atom stereocenters. The number of carbonyl (C=O) groups excluding carboxylic acids is 8. The molecule has 0 bridgehead atoms. The van der Waals surface area contributed by atoms with Gasteiger partial charge in [0, 0.05) is 64.0 Å². The summed E-state index contributed by atoms with van der Waals surface area (Å²) in [5.74, 6) is -2.73. The van der Waals surface area contributed by atoms with Crippen LogP contribution in [0.2, 0.25) is 0 Å². The third kappa shape index (κ3) is 24.9. The van der Waals surface area contributed by atoms with Gasteiger partial charge in [-0.1, -0.05) is 13.2 Å². The number of rotatable bonds is 28. The molecule has 304 valence electrons. The monoisotopic (exact) mass is 770 g/mol. The van der Waals surface area contributed by atoms with Gasteiger partial charge in [0.05, 0.1) is 26.4 Å². The van der Waals surface area contributed by atoms with Crippen LogP contribution in [-0.4, -0.2) is 137 Å². The Bertz CT molecular complexity index is 1120. The minimum atomic E-state index is -0.611. The van der Waals surface area contributed by atoms with Crippen molar-refractivity contribution in [3.8, 4) is 0 Å². The zero-order chi connectivity index (χ0) is 39.8. The molecule has 0 aromatic carbocycles. The number of piperazine rings is 1. The van der Waals surface area contributed by atoms with Gasteiger partial charge in [-0.25, -0.2) is 19.2 Å². The van der Waals surface area contributed by atoms with E-state index in [9.17, 15) is 38.4 Å². The molecule has 18 nitrogen and oxygen atoms in total. The van der Waals surface area contributed by atoms with Crippen LogP contribution in [0.5, 0.6) is 0 Å². The molecule has 1 aliphatic heterocycles. The normalized spacial score (nSPS) is 12.1. The van der Waals surface area contributed by atoms with E-state index in [0.29, 0.717) is 51.4 Å². The summed E-state index contributed by atoms with van der Waals surface area (Å²) in [5.41, 5.74) is 0. The number of unbranched alkanes of at least 4 members (excludes halogenated alkanes) is 4. The van der Waals surface area contributed by atoms with Crippen molar-refractivity contribution in [2.75, 3.05) is 79.0 Å². The zero-order valence-electron chi connectivity index (χ0n) is 31.0. The Balaban J connectivity index is 2.00. The largest absolute Gasteiger partial charge is 0.466 e. The van der Waals surface area contributed by atoms with E-state index < -0.39 is 36.1 Å². The van der Waals surface area contributed by atoms with Crippen LogP contribution in [-0.2, 0) is 66.7 Å². The lowest BCUT2D eigenvalue weighted by Crippen LogP contribution is -2.51. The molecule has 18 heteroatoms. The van der Waals surface area contributed by atoms with Crippen molar-refractivity contribution in [2.24, 2.45) is 0 Å². The maximum Gasteiger partial charge on any atom is 0.410 e. The molecule has 0 spiro atoms. The van der Waals surface area contributed by atoms with E-state index in [1.54, 1.807) is 0 Å². The highest BCUT2D eigenvalue weighted by molar-refractivity contribution is 5.81. The van der Waals surface area contributed by atoms with Crippen molar-refractivity contribution in [1.82, 2.24) is 9.80 Å². The predicted molar refractivity (Wildman–Crippen MR) is 187 cm³/mol. The molecule has 0 aliphatic carbocycles. The molecule has 0 N–H and O–H groups in total. The summed E-state index contributed by atoms with van der Waals surface area (Å²) < 4.78 is 40.2. The Kier molecular flexibility index (Phi) is 26.3. The van der Waals surface area contributed by atoms with Crippen LogP contribution in [0.15, 0.2) is 25.3 Å². The lowest BCUT2D eigenvalue weighted by Gasteiger charge is -2.33. The van der Waals surface area contributed by atoms with Gasteiger partial charge in [0.15, 0.2) is 0 Å². The van der Waals surface area contributed by atoms with Crippen molar-refractivity contribution in [3.63, 3.8) is 0 Å². The van der Waals surface area contributed by atoms with Gasteiger partial charge >= 0.3 is 48.0 Å². The summed E-state index contributed by atoms with van der Waals surface area (Å²) in [6.45, 7) is 7.75. The second-order valence-corrected chi connectivity index (χ2v) is 11.7. The van der Waals surface area contributed by atoms with Crippen molar-refractivity contribution >= 4 is 48.0 Å². The first-order valence-corrected chi connectivity index (χ1v) is 18.1. The van der Waals surface area contributed by atoms with Gasteiger partial charge in [-0.2, -0.15) is 0 Å². The molecule has 0 aromatic rings. The van der Waals surface area contributed by atoms with Crippen molar-refractivity contribution in [2.45, 2.75) is 77.0 Å². The zero-order valence-corrected chi connectivity index (χ0v) is 31.0. The second kappa shape index (κ2) is 30.3. The molecule has 2 amide bonds. The Hall–Kier alpha value is -5.16. The number of ether oxygens (including phenoxy) is 8. The van der Waals surface area contributed by atoms with E-state index in [0.717, 1.165) is 12.2 Å². The summed E-state index contributed by atoms with van der Waals surface area (Å²) >= 11 is 0. The van der Waals surface area contributed by atoms with Crippen LogP contribution in [0.1, 0.15) is 77.0 Å². The van der Waals surface area contributed by atoms with Gasteiger partial charge in [0.1, 0.15) is 26.4 Å². The third-order valence-corrected chi connectivity index (χ3v) is 7.39. The van der Waals surface area contributed by atoms with Gasteiger partial charge in [-0.3, -0.25) is 19.2 Å². The molecule has 0 saturated carbocycles. The van der Waals surface area contributed by atoms with E-state index in [2.05, 4.69) is 13.2 Å². The summed E-state index contributed by atoms with van der Waals surface area (Å²) in [6, 6.07) is 0. The molecule has 1 rings (SSSR count). The van der Waals surface area contributed by atoms with Crippen LogP contribution in [0.25, 0.3) is 0 Å². The fourth-order valence-corrected chi connectivity index (χ4v) is 4.43. The quantitative estimate of drug-likeness (QED) is 0.0483. The molecule has 0 aromatic heterocycles. The van der Waals surface area contributed by atoms with Crippen molar-refractivity contribution < 1.29 is 76.3 Å². The summed E-state index contributed by atoms with van der Waals surface area (Å²) in [5, 5.41) is 0. The third-order valence-electron chi connectivity index (χ3n) is 7.39. The van der Waals surface area contributed by atoms with E-state index >= 15 is 0 Å². The maximum atomic E-state index is 12.3. The SMILES string of the molecule is C=CC(=O)OCCCCOC(=O)CCCCC(=O)OCCOC(=O)N1CCN(C(=O)OCCOC(=O)CCCCC(=O)OCCCCOC(=O)C=C)CC1. The topological polar surface area (TPSA) is 217 Å². The fourth-order valence-electron chi connectivity index (χ4n) is 4.43. The van der Waals surface area contributed by atoms with Crippen LogP contribution >= 0.6 is 0 Å². The Labute approximate surface area is 315 Å². The van der Waals surface area contributed by atoms with Gasteiger partial charge in [-0.05, 0) is 51.4 Å². The predicted octanol–water partition coefficient (Wildman–Crippen LogP) is 3.19. The first-order chi connectivity index (χ1) is 26.0. The Morgan fingerprint density at radius 3 is 0.926 bits per heavy atom. The fraction of sp³-hybridized carbons (Fsp3) is 0.667. The molecule has 0 radical (unpaired) electrons. The van der Waals surface area contributed by atoms with Crippen LogP contribution in [0.4, 0.5) is 9.59 Å². The smallest absolute Gasteiger partial charge is 0.410 e. The number of hydrogen-bond donors (Lipinski definition) is 0. The molecule has 1 aliphatic rings. The number of amides is 2. The standard InChI is InChI=1S/C36H54N2O16/c1-3-29(39)47-21-9-11-23-49-31(41)13-5-7-15-33(43)51-25-27-53-35(45)37-17-19-38(20-18-37)36(46)54-28-26-52-34(44)16-8-6-14-32(42)50-24-12-10-22-48-30(40)4-2/h3-4H,1-2,5-28H2. The van der Waals surface area contributed by atoms with E-state index in [1.165, 1.54) is 9.80 Å². The lowest BCUT2D eigenvalue weighted by molar-refractivity contribution is -0.146. The van der Waals surface area contributed by atoms with E-state index in [-0.39, 0.29) is 117 Å². The minimum Gasteiger partial charge on any atom is -0.466 e. The van der Waals surface area contributed by atoms with Gasteiger partial charge < -0.3 is 47.7 Å². The van der Waals surface area contributed by atoms with E-state index in [4.69, 9.17) is 37.9 Å². The molecular formula is C36H54N2O16. The summed E-state index contributed by atoms with van der Waals surface area (Å²) in [6.07, 6.45) is 5.39. The van der Waals surface area contributed by atoms with Crippen molar-refractivity contribution in [1.29, 1.82) is 0 Å². The molecule has 54 heavy (non-hydrogen) atoms. The molecule has 1 heterocycles. The minimum absolute atomic E-state index is 0.0959. The molecule has 1 fully saturated rings. The first-order valence-electron chi connectivity index (χ1n) is 18.1. The van der Waals surface area contributed by atoms with Crippen molar-refractivity contribution in [3.05, 3.63) is 25.3 Å². The first kappa shape index (κ1) is 46.9. The van der Waals surface area contributed by atoms with Crippen LogP contribution in [0.3, 0.4) is 0 Å². The number of nitrogens with zero attached hydrogens (tertiary/aromatic N) is 2. The van der Waals surface area contributed by atoms with Gasteiger partial charge in [-0.15, -0.1) is 0 Å². The highest BCUT2D eigenvalue weighted by Gasteiger charge is 2.26. The summed E-state index contributed by atoms with van der Waals surface area (Å²) in [7, 11) is 0. The average molecular weight is 771 g/mol. The Morgan fingerprint density at radius 1 is 0.370 bits per heavy atom. The highest BCUT2D eigenvalue weighted by Crippen LogP contribution is 2.08. The maximum absolute atomic E-state index is 12.3.